The predicted octanol–water partition coefficient (Wildman–Crippen LogP) is 6.62. The van der Waals surface area contributed by atoms with Crippen molar-refractivity contribution in [3.63, 3.8) is 0 Å². The van der Waals surface area contributed by atoms with Crippen molar-refractivity contribution >= 4 is 34.7 Å². The number of aromatic nitrogens is 2. The number of imidazole rings is 1. The first-order chi connectivity index (χ1) is 20.5. The molecule has 11 heteroatoms. The van der Waals surface area contributed by atoms with Crippen molar-refractivity contribution in [2.24, 2.45) is 5.92 Å². The van der Waals surface area contributed by atoms with Crippen LogP contribution in [0.15, 0.2) is 60.7 Å². The van der Waals surface area contributed by atoms with E-state index < -0.39 is 11.7 Å². The number of carbonyl (C=O) groups is 2. The molecule has 0 bridgehead atoms. The van der Waals surface area contributed by atoms with Crippen LogP contribution in [0.2, 0.25) is 0 Å². The summed E-state index contributed by atoms with van der Waals surface area (Å²) in [7, 11) is 0. The van der Waals surface area contributed by atoms with Gasteiger partial charge in [-0.05, 0) is 82.9 Å². The number of nitriles is 1. The smallest absolute Gasteiger partial charge is 0.407 e. The molecule has 0 spiro atoms. The van der Waals surface area contributed by atoms with E-state index in [1.54, 1.807) is 54.6 Å². The lowest BCUT2D eigenvalue weighted by atomic mass is 9.85. The summed E-state index contributed by atoms with van der Waals surface area (Å²) in [6.45, 7) is 5.47. The molecule has 5 rings (SSSR count). The van der Waals surface area contributed by atoms with E-state index in [2.05, 4.69) is 26.7 Å². The minimum atomic E-state index is -0.568. The second-order valence-electron chi connectivity index (χ2n) is 11.5. The number of nitrogens with two attached hydrogens (primary N) is 1. The van der Waals surface area contributed by atoms with Crippen molar-refractivity contribution in [2.75, 3.05) is 11.1 Å². The minimum absolute atomic E-state index is 0.0368. The van der Waals surface area contributed by atoms with E-state index in [-0.39, 0.29) is 17.9 Å². The van der Waals surface area contributed by atoms with Crippen molar-refractivity contribution in [2.45, 2.75) is 58.1 Å². The van der Waals surface area contributed by atoms with Gasteiger partial charge >= 0.3 is 6.09 Å². The molecule has 1 aromatic heterocycles. The lowest BCUT2D eigenvalue weighted by molar-refractivity contribution is -0.120. The molecule has 43 heavy (non-hydrogen) atoms. The molecule has 11 nitrogen and oxygen atoms in total. The highest BCUT2D eigenvalue weighted by atomic mass is 16.6. The molecule has 0 saturated heterocycles. The van der Waals surface area contributed by atoms with Crippen molar-refractivity contribution < 1.29 is 23.8 Å². The summed E-state index contributed by atoms with van der Waals surface area (Å²) < 4.78 is 17.6. The van der Waals surface area contributed by atoms with Gasteiger partial charge in [0.1, 0.15) is 28.6 Å². The van der Waals surface area contributed by atoms with Crippen LogP contribution in [-0.2, 0) is 9.53 Å². The van der Waals surface area contributed by atoms with Gasteiger partial charge in [0.15, 0.2) is 5.95 Å². The summed E-state index contributed by atoms with van der Waals surface area (Å²) >= 11 is 0. The number of hydrogen-bond acceptors (Lipinski definition) is 8. The molecule has 222 valence electrons. The molecule has 0 atom stereocenters. The van der Waals surface area contributed by atoms with Gasteiger partial charge in [0.05, 0.1) is 22.7 Å². The highest BCUT2D eigenvalue weighted by Crippen LogP contribution is 2.34. The largest absolute Gasteiger partial charge is 0.457 e. The molecule has 1 aliphatic carbocycles. The lowest BCUT2D eigenvalue weighted by Gasteiger charge is -2.29. The van der Waals surface area contributed by atoms with Crippen LogP contribution in [0.25, 0.3) is 11.0 Å². The molecule has 5 N–H and O–H groups in total. The number of hydrogen-bond donors (Lipinski definition) is 4. The second-order valence-corrected chi connectivity index (χ2v) is 11.5. The molecule has 1 fully saturated rings. The van der Waals surface area contributed by atoms with Crippen LogP contribution in [0.1, 0.15) is 52.0 Å². The highest BCUT2D eigenvalue weighted by Gasteiger charge is 2.28. The topological polar surface area (TPSA) is 164 Å². The number of alkyl carbamates (subject to hydrolysis) is 1. The third-order valence-corrected chi connectivity index (χ3v) is 6.89. The number of ether oxygens (including phenoxy) is 3. The van der Waals surface area contributed by atoms with Gasteiger partial charge in [-0.2, -0.15) is 5.26 Å². The van der Waals surface area contributed by atoms with Crippen molar-refractivity contribution in [3.05, 3.63) is 66.2 Å². The minimum Gasteiger partial charge on any atom is -0.457 e. The average Bonchev–Trinajstić information content (AvgIpc) is 3.32. The number of benzene rings is 3. The number of aromatic amines is 1. The van der Waals surface area contributed by atoms with Gasteiger partial charge in [-0.15, -0.1) is 0 Å². The Labute approximate surface area is 249 Å². The number of H-pyrrole nitrogens is 1. The molecule has 0 aliphatic heterocycles. The van der Waals surface area contributed by atoms with E-state index in [1.807, 2.05) is 26.8 Å². The summed E-state index contributed by atoms with van der Waals surface area (Å²) in [6.07, 6.45) is 2.16. The molecular weight excluding hydrogens is 548 g/mol. The summed E-state index contributed by atoms with van der Waals surface area (Å²) in [5.41, 5.74) is 7.67. The summed E-state index contributed by atoms with van der Waals surface area (Å²) in [6, 6.07) is 19.3. The van der Waals surface area contributed by atoms with E-state index in [4.69, 9.17) is 25.2 Å². The van der Waals surface area contributed by atoms with Crippen LogP contribution in [0.3, 0.4) is 0 Å². The van der Waals surface area contributed by atoms with Crippen LogP contribution in [0.4, 0.5) is 16.4 Å². The van der Waals surface area contributed by atoms with E-state index in [0.717, 1.165) is 5.52 Å². The van der Waals surface area contributed by atoms with Gasteiger partial charge in [0.2, 0.25) is 5.91 Å². The Morgan fingerprint density at radius 2 is 1.58 bits per heavy atom. The number of amides is 2. The first kappa shape index (κ1) is 29.3. The summed E-state index contributed by atoms with van der Waals surface area (Å²) in [4.78, 5) is 32.7. The Bertz CT molecular complexity index is 1660. The standard InChI is InChI=1S/C32H34N6O5/c1-32(2,3)43-31(40)36-21-8-6-20(7-9-21)29(39)35-22-14-25(41-23-10-4-19(18-33)5-11-23)16-26(15-22)42-24-12-13-27-28(17-24)38-30(34)37-27/h4-5,10-17,20-21H,6-9H2,1-3H3,(H,35,39)(H,36,40)(H3,34,37,38)/t20-,21-. The number of carbonyl (C=O) groups excluding carboxylic acids is 2. The number of rotatable bonds is 7. The molecular formula is C32H34N6O5. The third kappa shape index (κ3) is 7.95. The Morgan fingerprint density at radius 3 is 2.23 bits per heavy atom. The van der Waals surface area contributed by atoms with Crippen molar-refractivity contribution in [3.8, 4) is 29.1 Å². The fourth-order valence-corrected chi connectivity index (χ4v) is 4.92. The lowest BCUT2D eigenvalue weighted by Crippen LogP contribution is -2.42. The summed E-state index contributed by atoms with van der Waals surface area (Å²) in [5, 5.41) is 15.0. The summed E-state index contributed by atoms with van der Waals surface area (Å²) in [5.74, 6) is 1.91. The van der Waals surface area contributed by atoms with Gasteiger partial charge < -0.3 is 35.6 Å². The van der Waals surface area contributed by atoms with Crippen LogP contribution in [0, 0.1) is 17.2 Å². The van der Waals surface area contributed by atoms with Crippen LogP contribution in [-0.4, -0.2) is 33.6 Å². The average molecular weight is 583 g/mol. The zero-order chi connectivity index (χ0) is 30.6. The van der Waals surface area contributed by atoms with Gasteiger partial charge in [0.25, 0.3) is 0 Å². The maximum absolute atomic E-state index is 13.3. The van der Waals surface area contributed by atoms with Gasteiger partial charge in [-0.1, -0.05) is 0 Å². The van der Waals surface area contributed by atoms with Crippen LogP contribution >= 0.6 is 0 Å². The first-order valence-corrected chi connectivity index (χ1v) is 14.1. The fraction of sp³-hybridized carbons (Fsp3) is 0.312. The Morgan fingerprint density at radius 1 is 0.930 bits per heavy atom. The van der Waals surface area contributed by atoms with Gasteiger partial charge in [-0.25, -0.2) is 9.78 Å². The van der Waals surface area contributed by atoms with E-state index in [1.165, 1.54) is 0 Å². The van der Waals surface area contributed by atoms with Crippen LogP contribution < -0.4 is 25.8 Å². The number of nitrogens with one attached hydrogen (secondary N) is 3. The zero-order valence-electron chi connectivity index (χ0n) is 24.3. The normalized spacial score (nSPS) is 16.6. The monoisotopic (exact) mass is 582 g/mol. The zero-order valence-corrected chi connectivity index (χ0v) is 24.3. The quantitative estimate of drug-likeness (QED) is 0.189. The molecule has 0 unspecified atom stereocenters. The molecule has 3 aromatic carbocycles. The SMILES string of the molecule is CC(C)(C)OC(=O)N[C@H]1CC[C@H](C(=O)Nc2cc(Oc3ccc(C#N)cc3)cc(Oc3ccc4[nH]c(N)nc4c3)c2)CC1. The molecule has 1 saturated carbocycles. The van der Waals surface area contributed by atoms with Gasteiger partial charge in [-0.3, -0.25) is 4.79 Å². The van der Waals surface area contributed by atoms with Crippen molar-refractivity contribution in [1.29, 1.82) is 5.26 Å². The molecule has 2 amide bonds. The van der Waals surface area contributed by atoms with E-state index >= 15 is 0 Å². The number of fused-ring (bicyclic) bond motifs is 1. The predicted molar refractivity (Wildman–Crippen MR) is 162 cm³/mol. The van der Waals surface area contributed by atoms with Crippen molar-refractivity contribution in [1.82, 2.24) is 15.3 Å². The first-order valence-electron chi connectivity index (χ1n) is 14.1. The molecule has 4 aromatic rings. The third-order valence-electron chi connectivity index (χ3n) is 6.89. The Balaban J connectivity index is 1.29. The van der Waals surface area contributed by atoms with E-state index in [9.17, 15) is 9.59 Å². The number of anilines is 2. The maximum Gasteiger partial charge on any atom is 0.407 e. The fourth-order valence-electron chi connectivity index (χ4n) is 4.92. The number of nitrogens with zero attached hydrogens (tertiary/aromatic N) is 2. The molecule has 1 aliphatic rings. The second kappa shape index (κ2) is 12.3. The Hall–Kier alpha value is -5.24. The van der Waals surface area contributed by atoms with Crippen LogP contribution in [0.5, 0.6) is 23.0 Å². The molecule has 1 heterocycles. The maximum atomic E-state index is 13.3. The Kier molecular flexibility index (Phi) is 8.39. The number of nitrogen functional groups attached to an aromatic ring is 1. The van der Waals surface area contributed by atoms with Gasteiger partial charge in [0, 0.05) is 41.9 Å². The molecule has 0 radical (unpaired) electrons. The highest BCUT2D eigenvalue weighted by molar-refractivity contribution is 5.93. The van der Waals surface area contributed by atoms with E-state index in [0.29, 0.717) is 71.4 Å².